The Morgan fingerprint density at radius 1 is 0.600 bits per heavy atom. The van der Waals surface area contributed by atoms with Gasteiger partial charge in [-0.15, -0.1) is 0 Å². The van der Waals surface area contributed by atoms with E-state index in [1.807, 2.05) is 78.9 Å². The van der Waals surface area contributed by atoms with Gasteiger partial charge in [-0.3, -0.25) is 0 Å². The van der Waals surface area contributed by atoms with Crippen LogP contribution in [0.5, 0.6) is 0 Å². The second-order valence-corrected chi connectivity index (χ2v) is 5.77. The van der Waals surface area contributed by atoms with Crippen LogP contribution in [0.1, 0.15) is 22.6 Å². The van der Waals surface area contributed by atoms with Crippen molar-refractivity contribution in [3.05, 3.63) is 101 Å². The van der Waals surface area contributed by atoms with Gasteiger partial charge in [0, 0.05) is 6.08 Å². The van der Waals surface area contributed by atoms with E-state index in [1.54, 1.807) is 0 Å². The standard InChI is InChI=1S/C23H17NO/c1-3-7-18(8-4-1)11-12-20-13-15-22-21(17-20)24-23(25-22)16-14-19-9-5-2-6-10-19/h1-17H/b12-11+,16-14+. The van der Waals surface area contributed by atoms with Crippen molar-refractivity contribution in [2.45, 2.75) is 0 Å². The van der Waals surface area contributed by atoms with Gasteiger partial charge in [0.25, 0.3) is 0 Å². The van der Waals surface area contributed by atoms with Gasteiger partial charge in [0.15, 0.2) is 5.58 Å². The fraction of sp³-hybridized carbons (Fsp3) is 0. The van der Waals surface area contributed by atoms with Crippen molar-refractivity contribution < 1.29 is 4.42 Å². The molecule has 4 rings (SSSR count). The van der Waals surface area contributed by atoms with Crippen molar-refractivity contribution in [3.8, 4) is 0 Å². The Labute approximate surface area is 146 Å². The molecule has 0 radical (unpaired) electrons. The molecular formula is C23H17NO. The summed E-state index contributed by atoms with van der Waals surface area (Å²) >= 11 is 0. The van der Waals surface area contributed by atoms with Crippen LogP contribution >= 0.6 is 0 Å². The van der Waals surface area contributed by atoms with Crippen molar-refractivity contribution in [1.29, 1.82) is 0 Å². The Balaban J connectivity index is 1.57. The summed E-state index contributed by atoms with van der Waals surface area (Å²) in [6.07, 6.45) is 8.08. The molecule has 2 heteroatoms. The number of nitrogens with zero attached hydrogens (tertiary/aromatic N) is 1. The summed E-state index contributed by atoms with van der Waals surface area (Å²) in [5, 5.41) is 0. The van der Waals surface area contributed by atoms with Gasteiger partial charge < -0.3 is 4.42 Å². The van der Waals surface area contributed by atoms with Crippen LogP contribution in [0.25, 0.3) is 35.4 Å². The number of fused-ring (bicyclic) bond motifs is 1. The van der Waals surface area contributed by atoms with E-state index in [2.05, 4.69) is 29.3 Å². The van der Waals surface area contributed by atoms with Crippen molar-refractivity contribution in [1.82, 2.24) is 4.98 Å². The average Bonchev–Trinajstić information content (AvgIpc) is 3.08. The number of aromatic nitrogens is 1. The molecule has 4 aromatic rings. The van der Waals surface area contributed by atoms with Gasteiger partial charge in [0.1, 0.15) is 5.52 Å². The van der Waals surface area contributed by atoms with Gasteiger partial charge in [-0.05, 0) is 34.9 Å². The first-order valence-corrected chi connectivity index (χ1v) is 8.24. The molecule has 0 atom stereocenters. The first-order chi connectivity index (χ1) is 12.4. The topological polar surface area (TPSA) is 26.0 Å². The second kappa shape index (κ2) is 7.02. The summed E-state index contributed by atoms with van der Waals surface area (Å²) in [6, 6.07) is 26.4. The Morgan fingerprint density at radius 3 is 1.88 bits per heavy atom. The number of benzene rings is 3. The molecule has 0 amide bonds. The Hall–Kier alpha value is -3.39. The van der Waals surface area contributed by atoms with E-state index in [9.17, 15) is 0 Å². The van der Waals surface area contributed by atoms with Gasteiger partial charge in [-0.2, -0.15) is 0 Å². The Morgan fingerprint density at radius 2 is 1.20 bits per heavy atom. The second-order valence-electron chi connectivity index (χ2n) is 5.77. The summed E-state index contributed by atoms with van der Waals surface area (Å²) in [5.74, 6) is 0.614. The third-order valence-electron chi connectivity index (χ3n) is 3.91. The van der Waals surface area contributed by atoms with Crippen molar-refractivity contribution >= 4 is 35.4 Å². The zero-order chi connectivity index (χ0) is 16.9. The highest BCUT2D eigenvalue weighted by Gasteiger charge is 2.03. The maximum atomic E-state index is 5.79. The zero-order valence-corrected chi connectivity index (χ0v) is 13.7. The van der Waals surface area contributed by atoms with Gasteiger partial charge >= 0.3 is 0 Å². The summed E-state index contributed by atoms with van der Waals surface area (Å²) in [5.41, 5.74) is 5.06. The van der Waals surface area contributed by atoms with Crippen LogP contribution in [-0.4, -0.2) is 4.98 Å². The SMILES string of the molecule is C(=C\c1ccc2oc(/C=C/c3ccccc3)nc2c1)/c1ccccc1. The van der Waals surface area contributed by atoms with Gasteiger partial charge in [-0.25, -0.2) is 4.98 Å². The van der Waals surface area contributed by atoms with Crippen LogP contribution < -0.4 is 0 Å². The molecule has 3 aromatic carbocycles. The highest BCUT2D eigenvalue weighted by Crippen LogP contribution is 2.20. The normalized spacial score (nSPS) is 11.7. The Bertz CT molecular complexity index is 980. The minimum atomic E-state index is 0.614. The summed E-state index contributed by atoms with van der Waals surface area (Å²) < 4.78 is 5.79. The molecule has 0 fully saturated rings. The number of hydrogen-bond acceptors (Lipinski definition) is 2. The molecule has 0 saturated carbocycles. The Kier molecular flexibility index (Phi) is 4.25. The molecule has 0 aliphatic carbocycles. The van der Waals surface area contributed by atoms with E-state index in [0.717, 1.165) is 22.2 Å². The molecule has 25 heavy (non-hydrogen) atoms. The van der Waals surface area contributed by atoms with E-state index in [1.165, 1.54) is 5.56 Å². The monoisotopic (exact) mass is 323 g/mol. The molecule has 1 heterocycles. The van der Waals surface area contributed by atoms with Gasteiger partial charge in [0.2, 0.25) is 5.89 Å². The van der Waals surface area contributed by atoms with Crippen molar-refractivity contribution in [2.75, 3.05) is 0 Å². The highest BCUT2D eigenvalue weighted by atomic mass is 16.3. The lowest BCUT2D eigenvalue weighted by molar-refractivity contribution is 0.589. The van der Waals surface area contributed by atoms with Crippen LogP contribution in [0.4, 0.5) is 0 Å². The van der Waals surface area contributed by atoms with E-state index in [0.29, 0.717) is 5.89 Å². The summed E-state index contributed by atoms with van der Waals surface area (Å²) in [6.45, 7) is 0. The number of oxazole rings is 1. The molecule has 0 saturated heterocycles. The largest absolute Gasteiger partial charge is 0.437 e. The molecule has 2 nitrogen and oxygen atoms in total. The van der Waals surface area contributed by atoms with E-state index in [-0.39, 0.29) is 0 Å². The van der Waals surface area contributed by atoms with Crippen molar-refractivity contribution in [2.24, 2.45) is 0 Å². The van der Waals surface area contributed by atoms with Crippen LogP contribution in [0.2, 0.25) is 0 Å². The lowest BCUT2D eigenvalue weighted by Gasteiger charge is -1.94. The lowest BCUT2D eigenvalue weighted by atomic mass is 10.1. The molecule has 0 aliphatic rings. The minimum Gasteiger partial charge on any atom is -0.437 e. The molecule has 0 N–H and O–H groups in total. The van der Waals surface area contributed by atoms with Crippen LogP contribution in [0.3, 0.4) is 0 Å². The van der Waals surface area contributed by atoms with Crippen LogP contribution in [-0.2, 0) is 0 Å². The highest BCUT2D eigenvalue weighted by molar-refractivity contribution is 5.80. The summed E-state index contributed by atoms with van der Waals surface area (Å²) in [4.78, 5) is 4.56. The quantitative estimate of drug-likeness (QED) is 0.420. The first-order valence-electron chi connectivity index (χ1n) is 8.24. The number of rotatable bonds is 4. The fourth-order valence-corrected chi connectivity index (χ4v) is 2.63. The van der Waals surface area contributed by atoms with Gasteiger partial charge in [0.05, 0.1) is 0 Å². The fourth-order valence-electron chi connectivity index (χ4n) is 2.63. The van der Waals surface area contributed by atoms with Crippen LogP contribution in [0.15, 0.2) is 83.3 Å². The number of hydrogen-bond donors (Lipinski definition) is 0. The van der Waals surface area contributed by atoms with E-state index >= 15 is 0 Å². The maximum Gasteiger partial charge on any atom is 0.220 e. The van der Waals surface area contributed by atoms with Crippen molar-refractivity contribution in [3.63, 3.8) is 0 Å². The minimum absolute atomic E-state index is 0.614. The van der Waals surface area contributed by atoms with E-state index in [4.69, 9.17) is 4.42 Å². The predicted octanol–water partition coefficient (Wildman–Crippen LogP) is 6.17. The lowest BCUT2D eigenvalue weighted by Crippen LogP contribution is -1.74. The smallest absolute Gasteiger partial charge is 0.220 e. The first kappa shape index (κ1) is 15.2. The van der Waals surface area contributed by atoms with Crippen LogP contribution in [0, 0.1) is 0 Å². The molecule has 0 unspecified atom stereocenters. The average molecular weight is 323 g/mol. The predicted molar refractivity (Wildman–Crippen MR) is 105 cm³/mol. The third-order valence-corrected chi connectivity index (χ3v) is 3.91. The van der Waals surface area contributed by atoms with Gasteiger partial charge in [-0.1, -0.05) is 78.9 Å². The third kappa shape index (κ3) is 3.75. The molecule has 1 aromatic heterocycles. The molecular weight excluding hydrogens is 306 g/mol. The zero-order valence-electron chi connectivity index (χ0n) is 13.7. The summed E-state index contributed by atoms with van der Waals surface area (Å²) in [7, 11) is 0. The molecule has 0 bridgehead atoms. The molecule has 0 spiro atoms. The van der Waals surface area contributed by atoms with E-state index < -0.39 is 0 Å². The maximum absolute atomic E-state index is 5.79. The molecule has 120 valence electrons. The molecule has 0 aliphatic heterocycles.